The summed E-state index contributed by atoms with van der Waals surface area (Å²) in [5.41, 5.74) is 3.22. The largest absolute Gasteiger partial charge is 0.308 e. The number of hydrogen-bond donors (Lipinski definition) is 2. The van der Waals surface area contributed by atoms with Crippen molar-refractivity contribution in [1.29, 1.82) is 0 Å². The molecular formula is C29H28F2N6O2. The first kappa shape index (κ1) is 26.1. The van der Waals surface area contributed by atoms with Gasteiger partial charge in [-0.05, 0) is 71.0 Å². The number of halogens is 2. The lowest BCUT2D eigenvalue weighted by Crippen LogP contribution is -2.32. The number of tetrazole rings is 1. The van der Waals surface area contributed by atoms with Crippen LogP contribution in [-0.2, 0) is 17.8 Å². The van der Waals surface area contributed by atoms with Gasteiger partial charge in [-0.1, -0.05) is 54.7 Å². The molecule has 0 atom stereocenters. The van der Waals surface area contributed by atoms with Gasteiger partial charge in [0.2, 0.25) is 5.91 Å². The van der Waals surface area contributed by atoms with Crippen molar-refractivity contribution in [3.63, 3.8) is 0 Å². The van der Waals surface area contributed by atoms with Gasteiger partial charge >= 0.3 is 0 Å². The van der Waals surface area contributed by atoms with Gasteiger partial charge in [-0.15, -0.1) is 5.10 Å². The molecule has 3 aromatic carbocycles. The molecule has 2 amide bonds. The van der Waals surface area contributed by atoms with Crippen molar-refractivity contribution in [1.82, 2.24) is 20.6 Å². The summed E-state index contributed by atoms with van der Waals surface area (Å²) in [7, 11) is 0. The molecule has 1 saturated carbocycles. The van der Waals surface area contributed by atoms with E-state index in [9.17, 15) is 18.4 Å². The number of carbonyl (C=O) groups excluding carboxylic acids is 2. The Morgan fingerprint density at radius 2 is 1.69 bits per heavy atom. The Morgan fingerprint density at radius 1 is 0.949 bits per heavy atom. The van der Waals surface area contributed by atoms with Gasteiger partial charge in [0.15, 0.2) is 0 Å². The summed E-state index contributed by atoms with van der Waals surface area (Å²) in [6.45, 7) is 0.206. The van der Waals surface area contributed by atoms with E-state index in [4.69, 9.17) is 0 Å². The number of anilines is 2. The van der Waals surface area contributed by atoms with Crippen LogP contribution in [0.2, 0.25) is 0 Å². The van der Waals surface area contributed by atoms with Gasteiger partial charge in [0.05, 0.1) is 13.0 Å². The van der Waals surface area contributed by atoms with Gasteiger partial charge in [0.25, 0.3) is 11.9 Å². The van der Waals surface area contributed by atoms with Crippen LogP contribution < -0.4 is 10.2 Å². The van der Waals surface area contributed by atoms with E-state index in [-0.39, 0.29) is 30.4 Å². The Labute approximate surface area is 224 Å². The minimum atomic E-state index is -0.757. The van der Waals surface area contributed by atoms with Gasteiger partial charge in [-0.25, -0.2) is 8.78 Å². The predicted molar refractivity (Wildman–Crippen MR) is 142 cm³/mol. The highest BCUT2D eigenvalue weighted by Crippen LogP contribution is 2.33. The molecule has 1 aromatic heterocycles. The van der Waals surface area contributed by atoms with Crippen LogP contribution in [0.1, 0.15) is 65.1 Å². The fraction of sp³-hybridized carbons (Fsp3) is 0.276. The molecule has 8 nitrogen and oxygen atoms in total. The molecule has 1 aliphatic rings. The summed E-state index contributed by atoms with van der Waals surface area (Å²) < 4.78 is 27.8. The topological polar surface area (TPSA) is 104 Å². The highest BCUT2D eigenvalue weighted by molar-refractivity contribution is 6.03. The summed E-state index contributed by atoms with van der Waals surface area (Å²) in [6, 6.07) is 18.0. The molecule has 0 aliphatic heterocycles. The van der Waals surface area contributed by atoms with Crippen LogP contribution in [0, 0.1) is 11.6 Å². The summed E-state index contributed by atoms with van der Waals surface area (Å²) in [5, 5.41) is 15.6. The van der Waals surface area contributed by atoms with Crippen molar-refractivity contribution in [3.8, 4) is 0 Å². The molecule has 1 fully saturated rings. The highest BCUT2D eigenvalue weighted by atomic mass is 19.1. The third kappa shape index (κ3) is 6.51. The van der Waals surface area contributed by atoms with Gasteiger partial charge in [0.1, 0.15) is 11.6 Å². The molecule has 0 unspecified atom stereocenters. The minimum Gasteiger partial charge on any atom is -0.308 e. The molecule has 0 spiro atoms. The number of amides is 2. The van der Waals surface area contributed by atoms with E-state index in [2.05, 4.69) is 38.1 Å². The third-order valence-electron chi connectivity index (χ3n) is 7.07. The fourth-order valence-electron chi connectivity index (χ4n) is 4.94. The van der Waals surface area contributed by atoms with Crippen LogP contribution in [0.25, 0.3) is 0 Å². The fourth-order valence-corrected chi connectivity index (χ4v) is 4.94. The zero-order valence-corrected chi connectivity index (χ0v) is 21.2. The number of hydrogen-bond acceptors (Lipinski definition) is 5. The van der Waals surface area contributed by atoms with Crippen molar-refractivity contribution in [2.24, 2.45) is 0 Å². The molecule has 1 aliphatic carbocycles. The van der Waals surface area contributed by atoms with Crippen LogP contribution in [-0.4, -0.2) is 32.4 Å². The highest BCUT2D eigenvalue weighted by Gasteiger charge is 2.21. The van der Waals surface area contributed by atoms with E-state index in [1.54, 1.807) is 29.2 Å². The molecule has 1 heterocycles. The summed E-state index contributed by atoms with van der Waals surface area (Å²) in [4.78, 5) is 27.5. The first-order valence-electron chi connectivity index (χ1n) is 12.9. The number of rotatable bonds is 8. The Balaban J connectivity index is 1.36. The van der Waals surface area contributed by atoms with Crippen LogP contribution >= 0.6 is 0 Å². The number of nitrogens with one attached hydrogen (secondary N) is 2. The number of aromatic amines is 1. The lowest BCUT2D eigenvalue weighted by Gasteiger charge is -2.26. The summed E-state index contributed by atoms with van der Waals surface area (Å²) in [6.07, 6.45) is 5.83. The number of nitrogens with zero attached hydrogens (tertiary/aromatic N) is 4. The average molecular weight is 531 g/mol. The normalized spacial score (nSPS) is 13.7. The summed E-state index contributed by atoms with van der Waals surface area (Å²) in [5.74, 6) is -1.59. The Morgan fingerprint density at radius 3 is 2.36 bits per heavy atom. The van der Waals surface area contributed by atoms with Crippen molar-refractivity contribution in [3.05, 3.63) is 101 Å². The lowest BCUT2D eigenvalue weighted by molar-refractivity contribution is -0.118. The van der Waals surface area contributed by atoms with Crippen molar-refractivity contribution >= 4 is 23.5 Å². The molecule has 0 radical (unpaired) electrons. The third-order valence-corrected chi connectivity index (χ3v) is 7.07. The predicted octanol–water partition coefficient (Wildman–Crippen LogP) is 5.55. The van der Waals surface area contributed by atoms with Crippen LogP contribution in [0.15, 0.2) is 66.7 Å². The maximum atomic E-state index is 14.4. The molecule has 0 bridgehead atoms. The average Bonchev–Trinajstić information content (AvgIpc) is 3.47. The first-order chi connectivity index (χ1) is 19.0. The standard InChI is InChI=1S/C29H28F2N6O2/c30-24-13-10-23(26(31)17-24)16-27(38)37(25-14-11-21(12-15-25)20-4-2-1-3-5-20)18-19-6-8-22(9-7-19)28(39)32-29-33-35-36-34-29/h6-15,17,20H,1-5,16,18H2,(H2,32,33,34,35,36,39). The first-order valence-corrected chi connectivity index (χ1v) is 12.9. The molecule has 39 heavy (non-hydrogen) atoms. The molecule has 10 heteroatoms. The van der Waals surface area contributed by atoms with Crippen LogP contribution in [0.5, 0.6) is 0 Å². The number of H-pyrrole nitrogens is 1. The molecule has 200 valence electrons. The van der Waals surface area contributed by atoms with E-state index in [0.29, 0.717) is 17.2 Å². The zero-order chi connectivity index (χ0) is 27.2. The second kappa shape index (κ2) is 11.9. The monoisotopic (exact) mass is 530 g/mol. The Bertz CT molecular complexity index is 1420. The molecular weight excluding hydrogens is 502 g/mol. The van der Waals surface area contributed by atoms with Crippen LogP contribution in [0.4, 0.5) is 20.4 Å². The maximum absolute atomic E-state index is 14.4. The van der Waals surface area contributed by atoms with E-state index in [1.165, 1.54) is 43.7 Å². The smallest absolute Gasteiger partial charge is 0.270 e. The minimum absolute atomic E-state index is 0.0607. The van der Waals surface area contributed by atoms with Gasteiger partial charge in [-0.2, -0.15) is 5.21 Å². The van der Waals surface area contributed by atoms with Crippen molar-refractivity contribution < 1.29 is 18.4 Å². The SMILES string of the molecule is O=C(Nc1nn[nH]n1)c1ccc(CN(C(=O)Cc2ccc(F)cc2F)c2ccc(C3CCCCC3)cc2)cc1. The van der Waals surface area contributed by atoms with E-state index in [0.717, 1.165) is 17.7 Å². The van der Waals surface area contributed by atoms with Gasteiger partial charge in [0, 0.05) is 17.3 Å². The number of benzene rings is 3. The van der Waals surface area contributed by atoms with Crippen molar-refractivity contribution in [2.75, 3.05) is 10.2 Å². The van der Waals surface area contributed by atoms with Crippen molar-refractivity contribution in [2.45, 2.75) is 51.0 Å². The lowest BCUT2D eigenvalue weighted by atomic mass is 9.84. The van der Waals surface area contributed by atoms with Gasteiger partial charge in [-0.3, -0.25) is 14.9 Å². The quantitative estimate of drug-likeness (QED) is 0.311. The molecule has 2 N–H and O–H groups in total. The second-order valence-corrected chi connectivity index (χ2v) is 9.71. The molecule has 5 rings (SSSR count). The number of aromatic nitrogens is 4. The molecule has 4 aromatic rings. The molecule has 0 saturated heterocycles. The zero-order valence-electron chi connectivity index (χ0n) is 21.2. The Hall–Kier alpha value is -4.47. The van der Waals surface area contributed by atoms with E-state index in [1.807, 2.05) is 12.1 Å². The second-order valence-electron chi connectivity index (χ2n) is 9.71. The van der Waals surface area contributed by atoms with Gasteiger partial charge < -0.3 is 4.90 Å². The maximum Gasteiger partial charge on any atom is 0.270 e. The Kier molecular flexibility index (Phi) is 8.00. The van der Waals surface area contributed by atoms with E-state index >= 15 is 0 Å². The van der Waals surface area contributed by atoms with E-state index < -0.39 is 17.5 Å². The summed E-state index contributed by atoms with van der Waals surface area (Å²) >= 11 is 0. The van der Waals surface area contributed by atoms with Crippen LogP contribution in [0.3, 0.4) is 0 Å². The number of carbonyl (C=O) groups is 2.